The molecule has 120 valence electrons. The average Bonchev–Trinajstić information content (AvgIpc) is 2.47. The maximum atomic E-state index is 12.8. The van der Waals surface area contributed by atoms with Crippen molar-refractivity contribution in [1.82, 2.24) is 0 Å². The van der Waals surface area contributed by atoms with Crippen molar-refractivity contribution in [2.45, 2.75) is 13.1 Å². The van der Waals surface area contributed by atoms with E-state index in [2.05, 4.69) is 11.9 Å². The number of alkyl halides is 3. The van der Waals surface area contributed by atoms with Crippen LogP contribution >= 0.6 is 11.6 Å². The molecule has 0 aromatic heterocycles. The SMILES string of the molecule is C=Cc1cc(NC(=O)c2cc(Cl)cc(C(F)(F)F)c2)ccc1C. The molecule has 0 fully saturated rings. The number of rotatable bonds is 3. The van der Waals surface area contributed by atoms with Crippen molar-refractivity contribution < 1.29 is 18.0 Å². The van der Waals surface area contributed by atoms with E-state index < -0.39 is 17.6 Å². The van der Waals surface area contributed by atoms with Gasteiger partial charge in [-0.15, -0.1) is 0 Å². The lowest BCUT2D eigenvalue weighted by molar-refractivity contribution is -0.137. The maximum Gasteiger partial charge on any atom is 0.416 e. The number of carbonyl (C=O) groups excluding carboxylic acids is 1. The zero-order valence-corrected chi connectivity index (χ0v) is 12.9. The summed E-state index contributed by atoms with van der Waals surface area (Å²) in [6.07, 6.45) is -2.94. The van der Waals surface area contributed by atoms with Gasteiger partial charge in [-0.1, -0.05) is 30.3 Å². The molecule has 0 spiro atoms. The third kappa shape index (κ3) is 4.13. The first kappa shape index (κ1) is 17.1. The van der Waals surface area contributed by atoms with Crippen molar-refractivity contribution in [3.63, 3.8) is 0 Å². The van der Waals surface area contributed by atoms with Crippen molar-refractivity contribution in [2.24, 2.45) is 0 Å². The largest absolute Gasteiger partial charge is 0.416 e. The number of aryl methyl sites for hydroxylation is 1. The topological polar surface area (TPSA) is 29.1 Å². The van der Waals surface area contributed by atoms with E-state index in [0.717, 1.165) is 23.3 Å². The molecule has 6 heteroatoms. The van der Waals surface area contributed by atoms with Crippen LogP contribution in [-0.4, -0.2) is 5.91 Å². The van der Waals surface area contributed by atoms with Crippen molar-refractivity contribution in [3.8, 4) is 0 Å². The highest BCUT2D eigenvalue weighted by Crippen LogP contribution is 2.32. The van der Waals surface area contributed by atoms with Gasteiger partial charge < -0.3 is 5.32 Å². The molecule has 0 radical (unpaired) electrons. The molecule has 2 aromatic rings. The number of amides is 1. The van der Waals surface area contributed by atoms with Crippen molar-refractivity contribution in [2.75, 3.05) is 5.32 Å². The molecule has 0 saturated carbocycles. The molecule has 0 aliphatic heterocycles. The van der Waals surface area contributed by atoms with Gasteiger partial charge in [0.1, 0.15) is 0 Å². The molecule has 0 atom stereocenters. The van der Waals surface area contributed by atoms with Crippen LogP contribution < -0.4 is 5.32 Å². The lowest BCUT2D eigenvalue weighted by atomic mass is 10.1. The molecule has 0 aliphatic rings. The van der Waals surface area contributed by atoms with E-state index >= 15 is 0 Å². The Bertz CT molecular complexity index is 769. The summed E-state index contributed by atoms with van der Waals surface area (Å²) in [5.41, 5.74) is 1.13. The number of anilines is 1. The third-order valence-corrected chi connectivity index (χ3v) is 3.46. The Morgan fingerprint density at radius 1 is 1.22 bits per heavy atom. The average molecular weight is 340 g/mol. The van der Waals surface area contributed by atoms with Crippen LogP contribution in [0.1, 0.15) is 27.0 Å². The molecule has 2 rings (SSSR count). The van der Waals surface area contributed by atoms with Crippen molar-refractivity contribution in [1.29, 1.82) is 0 Å². The lowest BCUT2D eigenvalue weighted by Crippen LogP contribution is -2.14. The Morgan fingerprint density at radius 3 is 2.52 bits per heavy atom. The van der Waals surface area contributed by atoms with E-state index in [0.29, 0.717) is 5.69 Å². The minimum Gasteiger partial charge on any atom is -0.322 e. The summed E-state index contributed by atoms with van der Waals surface area (Å²) in [6.45, 7) is 5.55. The quantitative estimate of drug-likeness (QED) is 0.779. The van der Waals surface area contributed by atoms with Crippen LogP contribution in [0, 0.1) is 6.92 Å². The van der Waals surface area contributed by atoms with Crippen molar-refractivity contribution >= 4 is 29.3 Å². The van der Waals surface area contributed by atoms with Crippen LogP contribution in [0.3, 0.4) is 0 Å². The molecule has 2 aromatic carbocycles. The van der Waals surface area contributed by atoms with Crippen LogP contribution in [0.2, 0.25) is 5.02 Å². The number of benzene rings is 2. The van der Waals surface area contributed by atoms with Gasteiger partial charge in [0.2, 0.25) is 0 Å². The molecular formula is C17H13ClF3NO. The van der Waals surface area contributed by atoms with Crippen LogP contribution in [-0.2, 0) is 6.18 Å². The Kier molecular flexibility index (Phi) is 4.80. The summed E-state index contributed by atoms with van der Waals surface area (Å²) < 4.78 is 38.3. The molecule has 2 nitrogen and oxygen atoms in total. The van der Waals surface area contributed by atoms with Crippen LogP contribution in [0.25, 0.3) is 6.08 Å². The number of hydrogen-bond acceptors (Lipinski definition) is 1. The first-order valence-electron chi connectivity index (χ1n) is 6.63. The fourth-order valence-corrected chi connectivity index (χ4v) is 2.26. The molecule has 0 heterocycles. The molecule has 23 heavy (non-hydrogen) atoms. The third-order valence-electron chi connectivity index (χ3n) is 3.24. The standard InChI is InChI=1S/C17H13ClF3NO/c1-3-11-8-15(5-4-10(11)2)22-16(23)12-6-13(17(19,20)21)9-14(18)7-12/h3-9H,1H2,2H3,(H,22,23). The summed E-state index contributed by atoms with van der Waals surface area (Å²) >= 11 is 5.68. The van der Waals surface area contributed by atoms with Gasteiger partial charge in [-0.2, -0.15) is 13.2 Å². The van der Waals surface area contributed by atoms with Gasteiger partial charge in [0.25, 0.3) is 5.91 Å². The highest BCUT2D eigenvalue weighted by molar-refractivity contribution is 6.31. The van der Waals surface area contributed by atoms with E-state index in [1.807, 2.05) is 6.92 Å². The monoisotopic (exact) mass is 339 g/mol. The van der Waals surface area contributed by atoms with Crippen LogP contribution in [0.15, 0.2) is 43.0 Å². The van der Waals surface area contributed by atoms with Gasteiger partial charge in [-0.25, -0.2) is 0 Å². The molecule has 0 saturated heterocycles. The Balaban J connectivity index is 2.31. The summed E-state index contributed by atoms with van der Waals surface area (Å²) in [4.78, 5) is 12.2. The molecule has 0 aliphatic carbocycles. The summed E-state index contributed by atoms with van der Waals surface area (Å²) in [6, 6.07) is 7.87. The van der Waals surface area contributed by atoms with Gasteiger partial charge in [0, 0.05) is 16.3 Å². The zero-order valence-electron chi connectivity index (χ0n) is 12.2. The first-order chi connectivity index (χ1) is 10.7. The number of hydrogen-bond donors (Lipinski definition) is 1. The molecule has 1 amide bonds. The van der Waals surface area contributed by atoms with E-state index in [1.165, 1.54) is 6.07 Å². The highest BCUT2D eigenvalue weighted by atomic mass is 35.5. The maximum absolute atomic E-state index is 12.8. The second-order valence-electron chi connectivity index (χ2n) is 4.96. The predicted molar refractivity (Wildman–Crippen MR) is 85.7 cm³/mol. The fraction of sp³-hybridized carbons (Fsp3) is 0.118. The van der Waals surface area contributed by atoms with Crippen molar-refractivity contribution in [3.05, 3.63) is 70.3 Å². The molecule has 0 unspecified atom stereocenters. The number of carbonyl (C=O) groups is 1. The van der Waals surface area contributed by atoms with Crippen LogP contribution in [0.4, 0.5) is 18.9 Å². The van der Waals surface area contributed by atoms with E-state index in [9.17, 15) is 18.0 Å². The van der Waals surface area contributed by atoms with E-state index in [4.69, 9.17) is 11.6 Å². The van der Waals surface area contributed by atoms with Crippen LogP contribution in [0.5, 0.6) is 0 Å². The molecular weight excluding hydrogens is 327 g/mol. The highest BCUT2D eigenvalue weighted by Gasteiger charge is 2.31. The predicted octanol–water partition coefficient (Wildman–Crippen LogP) is 5.56. The Hall–Kier alpha value is -2.27. The normalized spacial score (nSPS) is 11.2. The lowest BCUT2D eigenvalue weighted by Gasteiger charge is -2.11. The second-order valence-corrected chi connectivity index (χ2v) is 5.39. The van der Waals surface area contributed by atoms with Gasteiger partial charge >= 0.3 is 6.18 Å². The van der Waals surface area contributed by atoms with Gasteiger partial charge in [0.15, 0.2) is 0 Å². The summed E-state index contributed by atoms with van der Waals surface area (Å²) in [5, 5.41) is 2.40. The Morgan fingerprint density at radius 2 is 1.91 bits per heavy atom. The Labute approximate surface area is 136 Å². The van der Waals surface area contributed by atoms with E-state index in [1.54, 1.807) is 24.3 Å². The molecule has 0 bridgehead atoms. The summed E-state index contributed by atoms with van der Waals surface area (Å²) in [5.74, 6) is -0.670. The number of nitrogens with one attached hydrogen (secondary N) is 1. The van der Waals surface area contributed by atoms with Gasteiger partial charge in [0.05, 0.1) is 5.56 Å². The first-order valence-corrected chi connectivity index (χ1v) is 7.01. The summed E-state index contributed by atoms with van der Waals surface area (Å²) in [7, 11) is 0. The minimum absolute atomic E-state index is 0.152. The van der Waals surface area contributed by atoms with E-state index in [-0.39, 0.29) is 10.6 Å². The second kappa shape index (κ2) is 6.46. The minimum atomic E-state index is -4.57. The smallest absolute Gasteiger partial charge is 0.322 e. The molecule has 1 N–H and O–H groups in total. The van der Waals surface area contributed by atoms with Gasteiger partial charge in [-0.05, 0) is 48.4 Å². The zero-order chi connectivity index (χ0) is 17.2. The fourth-order valence-electron chi connectivity index (χ4n) is 2.03. The van der Waals surface area contributed by atoms with Gasteiger partial charge in [-0.3, -0.25) is 4.79 Å². The number of halogens is 4.